The third-order valence-electron chi connectivity index (χ3n) is 2.51. The number of nitrogens with two attached hydrogens (primary N) is 1. The van der Waals surface area contributed by atoms with Crippen molar-refractivity contribution in [1.29, 1.82) is 0 Å². The minimum Gasteiger partial charge on any atom is -0.493 e. The molecule has 2 N–H and O–H groups in total. The van der Waals surface area contributed by atoms with Gasteiger partial charge in [0.1, 0.15) is 18.4 Å². The normalized spacial score (nSPS) is 18.7. The van der Waals surface area contributed by atoms with Crippen molar-refractivity contribution in [1.82, 2.24) is 0 Å². The Morgan fingerprint density at radius 1 is 1.31 bits per heavy atom. The zero-order chi connectivity index (χ0) is 11.7. The van der Waals surface area contributed by atoms with Gasteiger partial charge in [0.15, 0.2) is 17.3 Å². The highest BCUT2D eigenvalue weighted by atomic mass is 16.5. The Bertz CT molecular complexity index is 430. The van der Waals surface area contributed by atoms with Gasteiger partial charge in [-0.05, 0) is 6.07 Å². The molecule has 0 aromatic heterocycles. The molecule has 0 fully saturated rings. The summed E-state index contributed by atoms with van der Waals surface area (Å²) >= 11 is 0. The second-order valence-electron chi connectivity index (χ2n) is 3.49. The molecule has 1 aromatic carbocycles. The molecule has 1 aromatic rings. The molecule has 86 valence electrons. The van der Waals surface area contributed by atoms with Crippen LogP contribution in [0.3, 0.4) is 0 Å². The molecule has 2 rings (SSSR count). The summed E-state index contributed by atoms with van der Waals surface area (Å²) in [4.78, 5) is 11.8. The van der Waals surface area contributed by atoms with E-state index in [-0.39, 0.29) is 12.4 Å². The van der Waals surface area contributed by atoms with Gasteiger partial charge in [0, 0.05) is 6.07 Å². The van der Waals surface area contributed by atoms with Gasteiger partial charge in [0.25, 0.3) is 0 Å². The zero-order valence-corrected chi connectivity index (χ0v) is 9.15. The van der Waals surface area contributed by atoms with Crippen molar-refractivity contribution in [2.75, 3.05) is 20.8 Å². The average Bonchev–Trinajstić information content (AvgIpc) is 2.32. The van der Waals surface area contributed by atoms with Crippen LogP contribution in [0.5, 0.6) is 17.2 Å². The van der Waals surface area contributed by atoms with Crippen LogP contribution in [0.25, 0.3) is 0 Å². The maximum atomic E-state index is 11.8. The molecule has 1 atom stereocenters. The minimum atomic E-state index is -0.606. The number of Topliss-reactive ketones (excluding diaryl/α,β-unsaturated/α-hetero) is 1. The average molecular weight is 223 g/mol. The summed E-state index contributed by atoms with van der Waals surface area (Å²) in [6.45, 7) is 0.196. The van der Waals surface area contributed by atoms with Gasteiger partial charge >= 0.3 is 0 Å². The predicted molar refractivity (Wildman–Crippen MR) is 57.3 cm³/mol. The van der Waals surface area contributed by atoms with Gasteiger partial charge in [-0.3, -0.25) is 4.79 Å². The Morgan fingerprint density at radius 2 is 1.94 bits per heavy atom. The molecule has 16 heavy (non-hydrogen) atoms. The molecule has 0 saturated carbocycles. The van der Waals surface area contributed by atoms with Crippen LogP contribution in [-0.4, -0.2) is 32.7 Å². The Labute approximate surface area is 93.1 Å². The summed E-state index contributed by atoms with van der Waals surface area (Å²) in [5.74, 6) is 1.38. The van der Waals surface area contributed by atoms with E-state index in [9.17, 15) is 4.79 Å². The van der Waals surface area contributed by atoms with Crippen LogP contribution >= 0.6 is 0 Å². The van der Waals surface area contributed by atoms with Crippen molar-refractivity contribution in [3.8, 4) is 17.2 Å². The van der Waals surface area contributed by atoms with Gasteiger partial charge in [-0.15, -0.1) is 0 Å². The molecule has 0 spiro atoms. The molecule has 0 amide bonds. The fourth-order valence-electron chi connectivity index (χ4n) is 1.63. The maximum absolute atomic E-state index is 11.8. The van der Waals surface area contributed by atoms with E-state index in [4.69, 9.17) is 19.9 Å². The van der Waals surface area contributed by atoms with E-state index >= 15 is 0 Å². The van der Waals surface area contributed by atoms with Crippen molar-refractivity contribution >= 4 is 5.78 Å². The van der Waals surface area contributed by atoms with Gasteiger partial charge in [-0.1, -0.05) is 0 Å². The second-order valence-corrected chi connectivity index (χ2v) is 3.49. The van der Waals surface area contributed by atoms with Gasteiger partial charge in [0.2, 0.25) is 0 Å². The van der Waals surface area contributed by atoms with E-state index in [0.717, 1.165) is 0 Å². The van der Waals surface area contributed by atoms with Crippen molar-refractivity contribution in [2.45, 2.75) is 6.04 Å². The fraction of sp³-hybridized carbons (Fsp3) is 0.364. The highest BCUT2D eigenvalue weighted by Gasteiger charge is 2.27. The number of ketones is 1. The van der Waals surface area contributed by atoms with E-state index in [2.05, 4.69) is 0 Å². The van der Waals surface area contributed by atoms with Crippen LogP contribution in [0.15, 0.2) is 12.1 Å². The van der Waals surface area contributed by atoms with E-state index in [0.29, 0.717) is 22.8 Å². The van der Waals surface area contributed by atoms with Crippen molar-refractivity contribution in [3.63, 3.8) is 0 Å². The lowest BCUT2D eigenvalue weighted by Crippen LogP contribution is -2.40. The Hall–Kier alpha value is -1.75. The summed E-state index contributed by atoms with van der Waals surface area (Å²) in [7, 11) is 3.04. The molecule has 1 aliphatic heterocycles. The molecular weight excluding hydrogens is 210 g/mol. The molecule has 0 radical (unpaired) electrons. The molecule has 1 heterocycles. The standard InChI is InChI=1S/C11H13NO4/c1-14-9-3-6-8(4-10(9)15-2)16-5-7(12)11(6)13/h3-4,7H,5,12H2,1-2H3. The minimum absolute atomic E-state index is 0.137. The van der Waals surface area contributed by atoms with Crippen molar-refractivity contribution in [2.24, 2.45) is 5.73 Å². The maximum Gasteiger partial charge on any atom is 0.186 e. The second kappa shape index (κ2) is 4.02. The summed E-state index contributed by atoms with van der Waals surface area (Å²) in [6, 6.07) is 2.62. The van der Waals surface area contributed by atoms with E-state index in [1.54, 1.807) is 12.1 Å². The lowest BCUT2D eigenvalue weighted by atomic mass is 10.0. The molecule has 0 saturated heterocycles. The van der Waals surface area contributed by atoms with Crippen LogP contribution < -0.4 is 19.9 Å². The predicted octanol–water partition coefficient (Wildman–Crippen LogP) is 0.606. The highest BCUT2D eigenvalue weighted by molar-refractivity contribution is 6.03. The smallest absolute Gasteiger partial charge is 0.186 e. The molecular formula is C11H13NO4. The Balaban J connectivity index is 2.52. The molecule has 0 bridgehead atoms. The number of hydrogen-bond acceptors (Lipinski definition) is 5. The number of methoxy groups -OCH3 is 2. The Kier molecular flexibility index (Phi) is 2.70. The van der Waals surface area contributed by atoms with E-state index in [1.807, 2.05) is 0 Å². The fourth-order valence-corrected chi connectivity index (χ4v) is 1.63. The highest BCUT2D eigenvalue weighted by Crippen LogP contribution is 2.36. The zero-order valence-electron chi connectivity index (χ0n) is 9.15. The molecule has 5 heteroatoms. The number of hydrogen-bond donors (Lipinski definition) is 1. The van der Waals surface area contributed by atoms with Crippen LogP contribution in [0.1, 0.15) is 10.4 Å². The van der Waals surface area contributed by atoms with Crippen LogP contribution in [0, 0.1) is 0 Å². The van der Waals surface area contributed by atoms with Crippen LogP contribution in [0.2, 0.25) is 0 Å². The van der Waals surface area contributed by atoms with E-state index in [1.165, 1.54) is 14.2 Å². The number of benzene rings is 1. The van der Waals surface area contributed by atoms with Crippen molar-refractivity contribution < 1.29 is 19.0 Å². The van der Waals surface area contributed by atoms with E-state index < -0.39 is 6.04 Å². The third kappa shape index (κ3) is 1.59. The van der Waals surface area contributed by atoms with Gasteiger partial charge in [-0.25, -0.2) is 0 Å². The summed E-state index contributed by atoms with van der Waals surface area (Å²) < 4.78 is 15.6. The summed E-state index contributed by atoms with van der Waals surface area (Å²) in [5, 5.41) is 0. The van der Waals surface area contributed by atoms with Gasteiger partial charge in [0.05, 0.1) is 19.8 Å². The number of fused-ring (bicyclic) bond motifs is 1. The first-order chi connectivity index (χ1) is 7.67. The number of carbonyl (C=O) groups excluding carboxylic acids is 1. The lowest BCUT2D eigenvalue weighted by Gasteiger charge is -2.22. The van der Waals surface area contributed by atoms with Crippen LogP contribution in [-0.2, 0) is 0 Å². The third-order valence-corrected chi connectivity index (χ3v) is 2.51. The Morgan fingerprint density at radius 3 is 2.56 bits per heavy atom. The largest absolute Gasteiger partial charge is 0.493 e. The molecule has 1 aliphatic rings. The molecule has 0 aliphatic carbocycles. The number of carbonyl (C=O) groups is 1. The summed E-state index contributed by atoms with van der Waals surface area (Å²) in [6.07, 6.45) is 0. The topological polar surface area (TPSA) is 70.8 Å². The van der Waals surface area contributed by atoms with Crippen molar-refractivity contribution in [3.05, 3.63) is 17.7 Å². The summed E-state index contributed by atoms with van der Waals surface area (Å²) in [5.41, 5.74) is 6.05. The van der Waals surface area contributed by atoms with Gasteiger partial charge < -0.3 is 19.9 Å². The number of ether oxygens (including phenoxy) is 3. The van der Waals surface area contributed by atoms with Gasteiger partial charge in [-0.2, -0.15) is 0 Å². The molecule has 1 unspecified atom stereocenters. The number of rotatable bonds is 2. The lowest BCUT2D eigenvalue weighted by molar-refractivity contribution is 0.0899. The first kappa shape index (κ1) is 10.8. The molecule has 5 nitrogen and oxygen atoms in total. The first-order valence-electron chi connectivity index (χ1n) is 4.86. The quantitative estimate of drug-likeness (QED) is 0.795. The first-order valence-corrected chi connectivity index (χ1v) is 4.86. The monoisotopic (exact) mass is 223 g/mol. The SMILES string of the molecule is COc1cc2c(cc1OC)C(=O)C(N)CO2. The van der Waals surface area contributed by atoms with Crippen LogP contribution in [0.4, 0.5) is 0 Å².